The van der Waals surface area contributed by atoms with Gasteiger partial charge in [0.1, 0.15) is 5.76 Å². The second-order valence-corrected chi connectivity index (χ2v) is 6.37. The Morgan fingerprint density at radius 1 is 0.615 bits per heavy atom. The molecule has 2 nitrogen and oxygen atoms in total. The van der Waals surface area contributed by atoms with Crippen LogP contribution in [-0.2, 0) is 0 Å². The topological polar surface area (TPSA) is 30.2 Å². The van der Waals surface area contributed by atoms with Gasteiger partial charge in [0, 0.05) is 16.1 Å². The predicted octanol–water partition coefficient (Wildman–Crippen LogP) is 6.29. The molecule has 0 aliphatic heterocycles. The quantitative estimate of drug-likeness (QED) is 0.430. The molecular formula is C23H15ClO2. The first-order chi connectivity index (χ1) is 12.7. The summed E-state index contributed by atoms with van der Waals surface area (Å²) in [6, 6.07) is 28.7. The Balaban J connectivity index is 1.97. The fourth-order valence-electron chi connectivity index (χ4n) is 2.94. The molecule has 3 aromatic carbocycles. The minimum atomic E-state index is -0.370. The first-order valence-electron chi connectivity index (χ1n) is 8.27. The molecule has 0 bridgehead atoms. The van der Waals surface area contributed by atoms with E-state index in [1.807, 2.05) is 78.9 Å². The van der Waals surface area contributed by atoms with Crippen molar-refractivity contribution in [3.63, 3.8) is 0 Å². The van der Waals surface area contributed by atoms with E-state index in [9.17, 15) is 4.79 Å². The van der Waals surface area contributed by atoms with Gasteiger partial charge in [-0.05, 0) is 29.3 Å². The second kappa shape index (κ2) is 7.03. The van der Waals surface area contributed by atoms with Crippen LogP contribution >= 0.6 is 11.6 Å². The molecular weight excluding hydrogens is 344 g/mol. The summed E-state index contributed by atoms with van der Waals surface area (Å²) in [7, 11) is 0. The zero-order chi connectivity index (χ0) is 17.9. The van der Waals surface area contributed by atoms with Gasteiger partial charge in [-0.1, -0.05) is 84.4 Å². The normalized spacial score (nSPS) is 10.7. The van der Waals surface area contributed by atoms with Gasteiger partial charge in [0.25, 0.3) is 0 Å². The number of halogens is 1. The van der Waals surface area contributed by atoms with Crippen LogP contribution in [0.5, 0.6) is 0 Å². The van der Waals surface area contributed by atoms with Crippen molar-refractivity contribution in [2.75, 3.05) is 0 Å². The molecule has 126 valence electrons. The molecule has 0 amide bonds. The van der Waals surface area contributed by atoms with Crippen LogP contribution < -0.4 is 5.63 Å². The Bertz CT molecular complexity index is 1080. The van der Waals surface area contributed by atoms with Gasteiger partial charge in [-0.25, -0.2) is 4.79 Å². The van der Waals surface area contributed by atoms with E-state index in [1.165, 1.54) is 0 Å². The highest BCUT2D eigenvalue weighted by molar-refractivity contribution is 6.30. The summed E-state index contributed by atoms with van der Waals surface area (Å²) in [6.45, 7) is 0. The summed E-state index contributed by atoms with van der Waals surface area (Å²) in [5, 5.41) is 0.627. The Morgan fingerprint density at radius 3 is 1.77 bits per heavy atom. The van der Waals surface area contributed by atoms with Crippen LogP contribution in [0.1, 0.15) is 0 Å². The minimum Gasteiger partial charge on any atom is -0.422 e. The number of benzene rings is 3. The summed E-state index contributed by atoms with van der Waals surface area (Å²) in [5.74, 6) is 0.569. The Kier molecular flexibility index (Phi) is 4.42. The van der Waals surface area contributed by atoms with Crippen LogP contribution in [-0.4, -0.2) is 0 Å². The summed E-state index contributed by atoms with van der Waals surface area (Å²) in [6.07, 6.45) is 0. The maximum atomic E-state index is 12.7. The molecule has 0 spiro atoms. The van der Waals surface area contributed by atoms with E-state index in [4.69, 9.17) is 16.0 Å². The van der Waals surface area contributed by atoms with Crippen LogP contribution in [0, 0.1) is 0 Å². The Labute approximate surface area is 156 Å². The molecule has 1 heterocycles. The van der Waals surface area contributed by atoms with Crippen LogP contribution in [0.15, 0.2) is 100 Å². The number of hydrogen-bond acceptors (Lipinski definition) is 2. The van der Waals surface area contributed by atoms with Crippen LogP contribution in [0.4, 0.5) is 0 Å². The summed E-state index contributed by atoms with van der Waals surface area (Å²) in [4.78, 5) is 12.7. The van der Waals surface area contributed by atoms with Crippen LogP contribution in [0.3, 0.4) is 0 Å². The molecule has 0 saturated carbocycles. The maximum Gasteiger partial charge on any atom is 0.344 e. The fourth-order valence-corrected chi connectivity index (χ4v) is 3.06. The van der Waals surface area contributed by atoms with Gasteiger partial charge in [0.05, 0.1) is 5.56 Å². The first kappa shape index (κ1) is 16.4. The lowest BCUT2D eigenvalue weighted by molar-refractivity contribution is 0.530. The molecule has 3 heteroatoms. The van der Waals surface area contributed by atoms with Gasteiger partial charge in [0.2, 0.25) is 0 Å². The van der Waals surface area contributed by atoms with Gasteiger partial charge >= 0.3 is 5.63 Å². The lowest BCUT2D eigenvalue weighted by Crippen LogP contribution is -2.05. The van der Waals surface area contributed by atoms with Crippen LogP contribution in [0.25, 0.3) is 33.6 Å². The average Bonchev–Trinajstić information content (AvgIpc) is 2.70. The van der Waals surface area contributed by atoms with Crippen molar-refractivity contribution in [2.45, 2.75) is 0 Å². The second-order valence-electron chi connectivity index (χ2n) is 5.93. The van der Waals surface area contributed by atoms with Crippen molar-refractivity contribution < 1.29 is 4.42 Å². The lowest BCUT2D eigenvalue weighted by atomic mass is 9.97. The summed E-state index contributed by atoms with van der Waals surface area (Å²) < 4.78 is 5.78. The number of hydrogen-bond donors (Lipinski definition) is 0. The van der Waals surface area contributed by atoms with E-state index >= 15 is 0 Å². The molecule has 0 radical (unpaired) electrons. The molecule has 0 atom stereocenters. The molecule has 0 N–H and O–H groups in total. The van der Waals surface area contributed by atoms with Gasteiger partial charge in [-0.15, -0.1) is 0 Å². The van der Waals surface area contributed by atoms with E-state index in [2.05, 4.69) is 0 Å². The third kappa shape index (κ3) is 3.19. The van der Waals surface area contributed by atoms with Crippen molar-refractivity contribution in [1.82, 2.24) is 0 Å². The van der Waals surface area contributed by atoms with Gasteiger partial charge in [-0.3, -0.25) is 0 Å². The molecule has 0 fully saturated rings. The standard InChI is InChI=1S/C23H15ClO2/c24-19-13-11-17(12-14-19)21-15-20(16-7-3-1-4-8-16)22(26-23(21)25)18-9-5-2-6-10-18/h1-15H. The van der Waals surface area contributed by atoms with Crippen molar-refractivity contribution >= 4 is 11.6 Å². The van der Waals surface area contributed by atoms with E-state index in [0.717, 1.165) is 22.3 Å². The molecule has 26 heavy (non-hydrogen) atoms. The maximum absolute atomic E-state index is 12.7. The Hall–Kier alpha value is -3.10. The molecule has 1 aromatic heterocycles. The van der Waals surface area contributed by atoms with Gasteiger partial charge in [-0.2, -0.15) is 0 Å². The van der Waals surface area contributed by atoms with E-state index in [0.29, 0.717) is 16.3 Å². The van der Waals surface area contributed by atoms with Gasteiger partial charge < -0.3 is 4.42 Å². The highest BCUT2D eigenvalue weighted by Gasteiger charge is 2.15. The van der Waals surface area contributed by atoms with Crippen molar-refractivity contribution in [1.29, 1.82) is 0 Å². The van der Waals surface area contributed by atoms with E-state index in [-0.39, 0.29) is 5.63 Å². The zero-order valence-corrected chi connectivity index (χ0v) is 14.6. The number of rotatable bonds is 3. The molecule has 0 aliphatic rings. The molecule has 4 rings (SSSR count). The van der Waals surface area contributed by atoms with E-state index < -0.39 is 0 Å². The largest absolute Gasteiger partial charge is 0.422 e. The van der Waals surface area contributed by atoms with E-state index in [1.54, 1.807) is 12.1 Å². The molecule has 4 aromatic rings. The van der Waals surface area contributed by atoms with Crippen molar-refractivity contribution in [3.8, 4) is 33.6 Å². The average molecular weight is 359 g/mol. The predicted molar refractivity (Wildman–Crippen MR) is 106 cm³/mol. The van der Waals surface area contributed by atoms with Crippen LogP contribution in [0.2, 0.25) is 5.02 Å². The third-order valence-electron chi connectivity index (χ3n) is 4.22. The van der Waals surface area contributed by atoms with Crippen molar-refractivity contribution in [2.24, 2.45) is 0 Å². The molecule has 0 unspecified atom stereocenters. The highest BCUT2D eigenvalue weighted by Crippen LogP contribution is 2.33. The first-order valence-corrected chi connectivity index (χ1v) is 8.65. The summed E-state index contributed by atoms with van der Waals surface area (Å²) in [5.41, 5.74) is 3.66. The lowest BCUT2D eigenvalue weighted by Gasteiger charge is -2.11. The molecule has 0 saturated heterocycles. The zero-order valence-electron chi connectivity index (χ0n) is 13.9. The van der Waals surface area contributed by atoms with Gasteiger partial charge in [0.15, 0.2) is 0 Å². The fraction of sp³-hybridized carbons (Fsp3) is 0. The third-order valence-corrected chi connectivity index (χ3v) is 4.48. The molecule has 0 aliphatic carbocycles. The Morgan fingerprint density at radius 2 is 1.15 bits per heavy atom. The monoisotopic (exact) mass is 358 g/mol. The summed E-state index contributed by atoms with van der Waals surface area (Å²) >= 11 is 5.97. The SMILES string of the molecule is O=c1oc(-c2ccccc2)c(-c2ccccc2)cc1-c1ccc(Cl)cc1. The minimum absolute atomic E-state index is 0.370. The smallest absolute Gasteiger partial charge is 0.344 e. The highest BCUT2D eigenvalue weighted by atomic mass is 35.5. The van der Waals surface area contributed by atoms with Crippen molar-refractivity contribution in [3.05, 3.63) is 106 Å².